The maximum absolute atomic E-state index is 2.45. The lowest BCUT2D eigenvalue weighted by molar-refractivity contribution is 0.176. The van der Waals surface area contributed by atoms with E-state index in [1.165, 1.54) is 31.2 Å². The highest BCUT2D eigenvalue weighted by Gasteiger charge is 2.24. The predicted molar refractivity (Wildman–Crippen MR) is 76.9 cm³/mol. The molecule has 0 saturated heterocycles. The fourth-order valence-electron chi connectivity index (χ4n) is 2.56. The summed E-state index contributed by atoms with van der Waals surface area (Å²) in [6.45, 7) is 3.41. The van der Waals surface area contributed by atoms with Crippen LogP contribution in [0.15, 0.2) is 42.7 Å². The second kappa shape index (κ2) is 6.48. The summed E-state index contributed by atoms with van der Waals surface area (Å²) in [5, 5.41) is 0. The second-order valence-electron chi connectivity index (χ2n) is 5.05. The highest BCUT2D eigenvalue weighted by atomic mass is 15.4. The van der Waals surface area contributed by atoms with Gasteiger partial charge in [0.15, 0.2) is 0 Å². The van der Waals surface area contributed by atoms with Crippen molar-refractivity contribution >= 4 is 0 Å². The Morgan fingerprint density at radius 3 is 2.50 bits per heavy atom. The zero-order valence-electron chi connectivity index (χ0n) is 11.5. The Hall–Kier alpha value is -1.44. The van der Waals surface area contributed by atoms with Crippen molar-refractivity contribution in [2.75, 3.05) is 13.6 Å². The van der Waals surface area contributed by atoms with Crippen LogP contribution in [0.3, 0.4) is 0 Å². The molecule has 0 fully saturated rings. The Labute approximate surface area is 111 Å². The van der Waals surface area contributed by atoms with Crippen molar-refractivity contribution in [3.8, 4) is 0 Å². The van der Waals surface area contributed by atoms with Crippen LogP contribution in [-0.2, 0) is 0 Å². The van der Waals surface area contributed by atoms with Crippen LogP contribution in [0.5, 0.6) is 0 Å². The summed E-state index contributed by atoms with van der Waals surface area (Å²) < 4.78 is 0. The summed E-state index contributed by atoms with van der Waals surface area (Å²) in [5.74, 6) is 0. The van der Waals surface area contributed by atoms with E-state index < -0.39 is 0 Å². The Morgan fingerprint density at radius 2 is 1.78 bits per heavy atom. The minimum absolute atomic E-state index is 0.382. The van der Waals surface area contributed by atoms with Crippen molar-refractivity contribution in [2.45, 2.75) is 38.8 Å². The lowest BCUT2D eigenvalue weighted by Gasteiger charge is -2.31. The van der Waals surface area contributed by atoms with E-state index in [0.717, 1.165) is 6.54 Å². The number of hydrogen-bond donors (Lipinski definition) is 0. The van der Waals surface area contributed by atoms with Gasteiger partial charge in [-0.15, -0.1) is 0 Å². The van der Waals surface area contributed by atoms with E-state index in [1.54, 1.807) is 0 Å². The number of rotatable bonds is 6. The largest absolute Gasteiger partial charge is 0.355 e. The molecule has 0 radical (unpaired) electrons. The molecule has 2 heteroatoms. The van der Waals surface area contributed by atoms with Crippen molar-refractivity contribution < 1.29 is 0 Å². The number of benzene rings is 1. The van der Waals surface area contributed by atoms with Crippen molar-refractivity contribution in [3.63, 3.8) is 0 Å². The van der Waals surface area contributed by atoms with Crippen molar-refractivity contribution in [1.82, 2.24) is 9.80 Å². The zero-order valence-corrected chi connectivity index (χ0v) is 11.5. The van der Waals surface area contributed by atoms with Gasteiger partial charge in [-0.3, -0.25) is 0 Å². The minimum atomic E-state index is 0.382. The normalized spacial score (nSPS) is 18.7. The molecule has 0 aromatic heterocycles. The van der Waals surface area contributed by atoms with Gasteiger partial charge in [0.1, 0.15) is 6.17 Å². The molecule has 0 aliphatic carbocycles. The van der Waals surface area contributed by atoms with E-state index in [1.807, 2.05) is 0 Å². The summed E-state index contributed by atoms with van der Waals surface area (Å²) in [7, 11) is 2.15. The summed E-state index contributed by atoms with van der Waals surface area (Å²) in [5.41, 5.74) is 1.38. The molecule has 2 nitrogen and oxygen atoms in total. The third kappa shape index (κ3) is 3.06. The molecule has 1 unspecified atom stereocenters. The first-order chi connectivity index (χ1) is 8.83. The van der Waals surface area contributed by atoms with Gasteiger partial charge in [0.2, 0.25) is 0 Å². The molecule has 1 aliphatic heterocycles. The molecule has 1 atom stereocenters. The lowest BCUT2D eigenvalue weighted by atomic mass is 10.1. The van der Waals surface area contributed by atoms with E-state index in [0.29, 0.717) is 6.17 Å². The molecular formula is C16H24N2. The quantitative estimate of drug-likeness (QED) is 0.698. The fraction of sp³-hybridized carbons (Fsp3) is 0.500. The molecule has 1 heterocycles. The first-order valence-electron chi connectivity index (χ1n) is 7.04. The van der Waals surface area contributed by atoms with Gasteiger partial charge in [-0.05, 0) is 12.0 Å². The van der Waals surface area contributed by atoms with Crippen LogP contribution in [0.2, 0.25) is 0 Å². The van der Waals surface area contributed by atoms with E-state index in [9.17, 15) is 0 Å². The molecule has 98 valence electrons. The molecule has 0 spiro atoms. The Morgan fingerprint density at radius 1 is 1.00 bits per heavy atom. The predicted octanol–water partition coefficient (Wildman–Crippen LogP) is 3.98. The van der Waals surface area contributed by atoms with E-state index >= 15 is 0 Å². The second-order valence-corrected chi connectivity index (χ2v) is 5.05. The Bertz CT molecular complexity index is 372. The first-order valence-corrected chi connectivity index (χ1v) is 7.04. The molecular weight excluding hydrogens is 220 g/mol. The van der Waals surface area contributed by atoms with E-state index in [4.69, 9.17) is 0 Å². The van der Waals surface area contributed by atoms with Gasteiger partial charge in [0, 0.05) is 26.0 Å². The van der Waals surface area contributed by atoms with E-state index in [-0.39, 0.29) is 0 Å². The molecule has 2 rings (SSSR count). The van der Waals surface area contributed by atoms with Crippen LogP contribution in [0, 0.1) is 0 Å². The maximum atomic E-state index is 2.45. The maximum Gasteiger partial charge on any atom is 0.127 e. The van der Waals surface area contributed by atoms with Crippen LogP contribution >= 0.6 is 0 Å². The monoisotopic (exact) mass is 244 g/mol. The van der Waals surface area contributed by atoms with Crippen LogP contribution in [0.25, 0.3) is 0 Å². The van der Waals surface area contributed by atoms with Gasteiger partial charge in [-0.25, -0.2) is 0 Å². The standard InChI is InChI=1S/C16H24N2/c1-3-4-5-9-12-18-14-13-17(2)16(18)15-10-7-6-8-11-15/h6-8,10-11,13-14,16H,3-5,9,12H2,1-2H3. The smallest absolute Gasteiger partial charge is 0.127 e. The minimum Gasteiger partial charge on any atom is -0.355 e. The van der Waals surface area contributed by atoms with Gasteiger partial charge in [0.25, 0.3) is 0 Å². The van der Waals surface area contributed by atoms with Gasteiger partial charge in [0.05, 0.1) is 0 Å². The fourth-order valence-corrected chi connectivity index (χ4v) is 2.56. The molecule has 0 N–H and O–H groups in total. The highest BCUT2D eigenvalue weighted by Crippen LogP contribution is 2.29. The van der Waals surface area contributed by atoms with Crippen molar-refractivity contribution in [2.24, 2.45) is 0 Å². The van der Waals surface area contributed by atoms with Crippen LogP contribution in [0.4, 0.5) is 0 Å². The van der Waals surface area contributed by atoms with Crippen molar-refractivity contribution in [1.29, 1.82) is 0 Å². The number of nitrogens with zero attached hydrogens (tertiary/aromatic N) is 2. The van der Waals surface area contributed by atoms with Gasteiger partial charge in [-0.1, -0.05) is 56.5 Å². The average Bonchev–Trinajstić information content (AvgIpc) is 2.77. The lowest BCUT2D eigenvalue weighted by Crippen LogP contribution is -2.29. The van der Waals surface area contributed by atoms with Crippen LogP contribution < -0.4 is 0 Å². The van der Waals surface area contributed by atoms with Crippen LogP contribution in [-0.4, -0.2) is 23.4 Å². The number of hydrogen-bond acceptors (Lipinski definition) is 2. The summed E-state index contributed by atoms with van der Waals surface area (Å²) >= 11 is 0. The molecule has 1 aromatic rings. The highest BCUT2D eigenvalue weighted by molar-refractivity contribution is 5.21. The van der Waals surface area contributed by atoms with Crippen molar-refractivity contribution in [3.05, 3.63) is 48.3 Å². The van der Waals surface area contributed by atoms with Gasteiger partial charge >= 0.3 is 0 Å². The summed E-state index contributed by atoms with van der Waals surface area (Å²) in [6, 6.07) is 10.8. The molecule has 18 heavy (non-hydrogen) atoms. The first kappa shape index (κ1) is 13.0. The van der Waals surface area contributed by atoms with Gasteiger partial charge < -0.3 is 9.80 Å². The summed E-state index contributed by atoms with van der Waals surface area (Å²) in [4.78, 5) is 4.74. The number of unbranched alkanes of at least 4 members (excludes halogenated alkanes) is 3. The summed E-state index contributed by atoms with van der Waals surface area (Å²) in [6.07, 6.45) is 10.1. The topological polar surface area (TPSA) is 6.48 Å². The Balaban J connectivity index is 1.95. The van der Waals surface area contributed by atoms with E-state index in [2.05, 4.69) is 66.5 Å². The average molecular weight is 244 g/mol. The molecule has 0 saturated carbocycles. The molecule has 0 bridgehead atoms. The third-order valence-electron chi connectivity index (χ3n) is 3.56. The molecule has 1 aliphatic rings. The zero-order chi connectivity index (χ0) is 12.8. The van der Waals surface area contributed by atoms with Gasteiger partial charge in [-0.2, -0.15) is 0 Å². The Kier molecular flexibility index (Phi) is 4.68. The van der Waals surface area contributed by atoms with Crippen LogP contribution in [0.1, 0.15) is 44.3 Å². The molecule has 0 amide bonds. The SMILES string of the molecule is CCCCCCN1C=CN(C)C1c1ccccc1. The molecule has 1 aromatic carbocycles. The third-order valence-corrected chi connectivity index (χ3v) is 3.56.